The molecule has 3 nitrogen and oxygen atoms in total. The first kappa shape index (κ1) is 14.2. The number of nitrogens with zero attached hydrogens (tertiary/aromatic N) is 2. The number of hydrogen-bond donors (Lipinski definition) is 1. The van der Waals surface area contributed by atoms with Gasteiger partial charge in [-0.25, -0.2) is 4.98 Å². The van der Waals surface area contributed by atoms with Crippen molar-refractivity contribution in [3.8, 4) is 11.4 Å². The highest BCUT2D eigenvalue weighted by Crippen LogP contribution is 2.35. The van der Waals surface area contributed by atoms with Crippen LogP contribution in [0.25, 0.3) is 22.4 Å². The van der Waals surface area contributed by atoms with Crippen molar-refractivity contribution >= 4 is 39.9 Å². The molecule has 0 unspecified atom stereocenters. The summed E-state index contributed by atoms with van der Waals surface area (Å²) in [6.07, 6.45) is 0. The lowest BCUT2D eigenvalue weighted by atomic mass is 10.2. The zero-order valence-corrected chi connectivity index (χ0v) is 13.3. The Kier molecular flexibility index (Phi) is 3.56. The molecule has 0 bridgehead atoms. The maximum Gasteiger partial charge on any atom is 0.141 e. The van der Waals surface area contributed by atoms with Gasteiger partial charge in [0.15, 0.2) is 0 Å². The lowest BCUT2D eigenvalue weighted by Gasteiger charge is -2.14. The van der Waals surface area contributed by atoms with Crippen molar-refractivity contribution in [2.45, 2.75) is 19.9 Å². The highest BCUT2D eigenvalue weighted by atomic mass is 35.5. The number of para-hydroxylation sites is 2. The zero-order valence-electron chi connectivity index (χ0n) is 11.8. The number of fused-ring (bicyclic) bond motifs is 1. The second kappa shape index (κ2) is 5.24. The molecule has 21 heavy (non-hydrogen) atoms. The third-order valence-corrected chi connectivity index (χ3v) is 4.07. The molecule has 2 aromatic carbocycles. The van der Waals surface area contributed by atoms with Crippen molar-refractivity contribution in [1.82, 2.24) is 9.55 Å². The Morgan fingerprint density at radius 3 is 2.33 bits per heavy atom. The summed E-state index contributed by atoms with van der Waals surface area (Å²) in [5.41, 5.74) is 9.11. The molecule has 0 saturated carbocycles. The van der Waals surface area contributed by atoms with Gasteiger partial charge in [0.1, 0.15) is 5.82 Å². The van der Waals surface area contributed by atoms with Crippen LogP contribution in [0.1, 0.15) is 19.9 Å². The normalized spacial score (nSPS) is 11.5. The van der Waals surface area contributed by atoms with Crippen LogP contribution in [0, 0.1) is 0 Å². The molecule has 0 radical (unpaired) electrons. The minimum Gasteiger partial charge on any atom is -0.396 e. The molecule has 0 aliphatic carbocycles. The fraction of sp³-hybridized carbons (Fsp3) is 0.188. The molecular formula is C16H15Cl2N3. The van der Waals surface area contributed by atoms with Gasteiger partial charge in [-0.05, 0) is 38.1 Å². The van der Waals surface area contributed by atoms with Gasteiger partial charge in [-0.3, -0.25) is 0 Å². The van der Waals surface area contributed by atoms with Crippen molar-refractivity contribution in [3.05, 3.63) is 46.4 Å². The number of aromatic nitrogens is 2. The molecule has 0 aliphatic heterocycles. The fourth-order valence-electron chi connectivity index (χ4n) is 2.48. The van der Waals surface area contributed by atoms with Gasteiger partial charge in [-0.1, -0.05) is 35.3 Å². The maximum atomic E-state index is 6.15. The average molecular weight is 320 g/mol. The number of imidazole rings is 1. The van der Waals surface area contributed by atoms with E-state index in [0.717, 1.165) is 22.4 Å². The average Bonchev–Trinajstić information content (AvgIpc) is 2.83. The molecule has 0 spiro atoms. The predicted octanol–water partition coefficient (Wildman–Crippen LogP) is 5.17. The molecule has 0 saturated heterocycles. The molecule has 0 amide bonds. The second-order valence-electron chi connectivity index (χ2n) is 5.24. The molecule has 1 heterocycles. The molecule has 0 atom stereocenters. The molecule has 1 aromatic heterocycles. The van der Waals surface area contributed by atoms with Gasteiger partial charge in [-0.2, -0.15) is 0 Å². The zero-order chi connectivity index (χ0) is 15.1. The quantitative estimate of drug-likeness (QED) is 0.662. The highest BCUT2D eigenvalue weighted by Gasteiger charge is 2.16. The van der Waals surface area contributed by atoms with Gasteiger partial charge in [0.2, 0.25) is 0 Å². The van der Waals surface area contributed by atoms with E-state index in [1.54, 1.807) is 0 Å². The van der Waals surface area contributed by atoms with Gasteiger partial charge >= 0.3 is 0 Å². The lowest BCUT2D eigenvalue weighted by molar-refractivity contribution is 0.624. The Bertz CT molecular complexity index is 798. The standard InChI is InChI=1S/C16H15Cl2N3/c1-9(2)21-14-6-4-3-5-13(14)20-16(21)10-7-11(17)15(19)12(18)8-10/h3-9H,19H2,1-2H3. The first-order valence-electron chi connectivity index (χ1n) is 6.71. The van der Waals surface area contributed by atoms with E-state index in [-0.39, 0.29) is 6.04 Å². The smallest absolute Gasteiger partial charge is 0.141 e. The fourth-order valence-corrected chi connectivity index (χ4v) is 2.97. The summed E-state index contributed by atoms with van der Waals surface area (Å²) in [4.78, 5) is 4.72. The van der Waals surface area contributed by atoms with E-state index >= 15 is 0 Å². The van der Waals surface area contributed by atoms with E-state index in [4.69, 9.17) is 33.9 Å². The van der Waals surface area contributed by atoms with Gasteiger partial charge in [0.25, 0.3) is 0 Å². The summed E-state index contributed by atoms with van der Waals surface area (Å²) in [6, 6.07) is 11.9. The van der Waals surface area contributed by atoms with Crippen LogP contribution >= 0.6 is 23.2 Å². The minimum atomic E-state index is 0.266. The summed E-state index contributed by atoms with van der Waals surface area (Å²) < 4.78 is 2.17. The summed E-state index contributed by atoms with van der Waals surface area (Å²) in [6.45, 7) is 4.25. The number of benzene rings is 2. The Hall–Kier alpha value is -1.71. The van der Waals surface area contributed by atoms with Gasteiger partial charge in [-0.15, -0.1) is 0 Å². The summed E-state index contributed by atoms with van der Waals surface area (Å²) in [5, 5.41) is 0.889. The maximum absolute atomic E-state index is 6.15. The van der Waals surface area contributed by atoms with E-state index in [0.29, 0.717) is 15.7 Å². The first-order chi connectivity index (χ1) is 9.99. The monoisotopic (exact) mass is 319 g/mol. The molecule has 0 aliphatic rings. The minimum absolute atomic E-state index is 0.266. The molecule has 5 heteroatoms. The molecule has 0 fully saturated rings. The van der Waals surface area contributed by atoms with Crippen molar-refractivity contribution < 1.29 is 0 Å². The van der Waals surface area contributed by atoms with Crippen molar-refractivity contribution in [2.24, 2.45) is 0 Å². The predicted molar refractivity (Wildman–Crippen MR) is 90.0 cm³/mol. The summed E-state index contributed by atoms with van der Waals surface area (Å²) in [5.74, 6) is 0.843. The van der Waals surface area contributed by atoms with Crippen LogP contribution in [0.3, 0.4) is 0 Å². The van der Waals surface area contributed by atoms with E-state index in [1.165, 1.54) is 0 Å². The largest absolute Gasteiger partial charge is 0.396 e. The Morgan fingerprint density at radius 1 is 1.10 bits per heavy atom. The van der Waals surface area contributed by atoms with Crippen LogP contribution < -0.4 is 5.73 Å². The number of nitrogens with two attached hydrogens (primary N) is 1. The third kappa shape index (κ3) is 2.37. The van der Waals surface area contributed by atoms with E-state index in [2.05, 4.69) is 24.5 Å². The Morgan fingerprint density at radius 2 is 1.71 bits per heavy atom. The van der Waals surface area contributed by atoms with Crippen molar-refractivity contribution in [2.75, 3.05) is 5.73 Å². The van der Waals surface area contributed by atoms with Crippen LogP contribution in [0.2, 0.25) is 10.0 Å². The van der Waals surface area contributed by atoms with Gasteiger partial charge in [0.05, 0.1) is 26.8 Å². The molecule has 108 valence electrons. The van der Waals surface area contributed by atoms with Crippen LogP contribution in [0.5, 0.6) is 0 Å². The second-order valence-corrected chi connectivity index (χ2v) is 6.06. The van der Waals surface area contributed by atoms with Crippen LogP contribution in [0.4, 0.5) is 5.69 Å². The van der Waals surface area contributed by atoms with Gasteiger partial charge < -0.3 is 10.3 Å². The first-order valence-corrected chi connectivity index (χ1v) is 7.46. The van der Waals surface area contributed by atoms with Crippen LogP contribution in [-0.4, -0.2) is 9.55 Å². The SMILES string of the molecule is CC(C)n1c(-c2cc(Cl)c(N)c(Cl)c2)nc2ccccc21. The molecular weight excluding hydrogens is 305 g/mol. The van der Waals surface area contributed by atoms with Gasteiger partial charge in [0, 0.05) is 11.6 Å². The summed E-state index contributed by atoms with van der Waals surface area (Å²) >= 11 is 12.3. The van der Waals surface area contributed by atoms with E-state index < -0.39 is 0 Å². The van der Waals surface area contributed by atoms with Crippen molar-refractivity contribution in [3.63, 3.8) is 0 Å². The molecule has 2 N–H and O–H groups in total. The number of rotatable bonds is 2. The number of anilines is 1. The number of halogens is 2. The van der Waals surface area contributed by atoms with Crippen LogP contribution in [0.15, 0.2) is 36.4 Å². The Balaban J connectivity index is 2.32. The number of hydrogen-bond acceptors (Lipinski definition) is 2. The van der Waals surface area contributed by atoms with E-state index in [1.807, 2.05) is 30.3 Å². The lowest BCUT2D eigenvalue weighted by Crippen LogP contribution is -2.03. The summed E-state index contributed by atoms with van der Waals surface area (Å²) in [7, 11) is 0. The third-order valence-electron chi connectivity index (χ3n) is 3.45. The Labute approximate surface area is 133 Å². The topological polar surface area (TPSA) is 43.8 Å². The molecule has 3 aromatic rings. The number of nitrogen functional groups attached to an aromatic ring is 1. The highest BCUT2D eigenvalue weighted by molar-refractivity contribution is 6.39. The van der Waals surface area contributed by atoms with E-state index in [9.17, 15) is 0 Å². The molecule has 3 rings (SSSR count). The van der Waals surface area contributed by atoms with Crippen molar-refractivity contribution in [1.29, 1.82) is 0 Å². The van der Waals surface area contributed by atoms with Crippen LogP contribution in [-0.2, 0) is 0 Å².